The third-order valence-corrected chi connectivity index (χ3v) is 2.72. The molecule has 0 bridgehead atoms. The molecule has 0 radical (unpaired) electrons. The Morgan fingerprint density at radius 1 is 1.40 bits per heavy atom. The summed E-state index contributed by atoms with van der Waals surface area (Å²) in [6.07, 6.45) is -0.676. The molecule has 110 valence electrons. The predicted octanol–water partition coefficient (Wildman–Crippen LogP) is 3.71. The Balaban J connectivity index is 3.06. The van der Waals surface area contributed by atoms with E-state index in [1.54, 1.807) is 20.8 Å². The second-order valence-electron chi connectivity index (χ2n) is 4.89. The number of carbonyl (C=O) groups is 1. The zero-order chi connectivity index (χ0) is 15.5. The molecule has 0 saturated carbocycles. The van der Waals surface area contributed by atoms with Crippen LogP contribution in [0.1, 0.15) is 20.8 Å². The lowest BCUT2D eigenvalue weighted by molar-refractivity contribution is -0.385. The van der Waals surface area contributed by atoms with Gasteiger partial charge in [0.05, 0.1) is 22.6 Å². The number of benzene rings is 1. The summed E-state index contributed by atoms with van der Waals surface area (Å²) in [7, 11) is 1.35. The van der Waals surface area contributed by atoms with Crippen molar-refractivity contribution >= 4 is 33.4 Å². The number of ether oxygens (including phenoxy) is 2. The molecule has 0 atom stereocenters. The maximum absolute atomic E-state index is 11.7. The Labute approximate surface area is 124 Å². The van der Waals surface area contributed by atoms with Crippen LogP contribution in [0.25, 0.3) is 0 Å². The van der Waals surface area contributed by atoms with Crippen molar-refractivity contribution in [2.24, 2.45) is 0 Å². The quantitative estimate of drug-likeness (QED) is 0.665. The van der Waals surface area contributed by atoms with Gasteiger partial charge < -0.3 is 9.47 Å². The Bertz CT molecular complexity index is 539. The molecule has 0 aliphatic carbocycles. The van der Waals surface area contributed by atoms with Gasteiger partial charge in [-0.25, -0.2) is 4.79 Å². The first kappa shape index (κ1) is 16.2. The van der Waals surface area contributed by atoms with Gasteiger partial charge in [-0.3, -0.25) is 15.4 Å². The Morgan fingerprint density at radius 2 is 2.00 bits per heavy atom. The van der Waals surface area contributed by atoms with Crippen LogP contribution in [0.5, 0.6) is 5.75 Å². The van der Waals surface area contributed by atoms with E-state index in [2.05, 4.69) is 21.2 Å². The molecule has 1 aromatic rings. The lowest BCUT2D eigenvalue weighted by atomic mass is 10.2. The molecule has 0 saturated heterocycles. The molecule has 8 heteroatoms. The van der Waals surface area contributed by atoms with Crippen LogP contribution >= 0.6 is 15.9 Å². The number of nitro benzene ring substituents is 1. The molecule has 0 aliphatic rings. The molecule has 0 aliphatic heterocycles. The van der Waals surface area contributed by atoms with Crippen molar-refractivity contribution in [3.05, 3.63) is 26.7 Å². The largest absolute Gasteiger partial charge is 0.494 e. The number of amides is 1. The van der Waals surface area contributed by atoms with E-state index in [1.165, 1.54) is 19.2 Å². The van der Waals surface area contributed by atoms with E-state index in [0.29, 0.717) is 4.47 Å². The van der Waals surface area contributed by atoms with E-state index in [4.69, 9.17) is 9.47 Å². The van der Waals surface area contributed by atoms with Crippen molar-refractivity contribution in [1.82, 2.24) is 0 Å². The van der Waals surface area contributed by atoms with Gasteiger partial charge in [-0.2, -0.15) is 0 Å². The highest BCUT2D eigenvalue weighted by Gasteiger charge is 2.21. The number of carbonyl (C=O) groups excluding carboxylic acids is 1. The smallest absolute Gasteiger partial charge is 0.412 e. The van der Waals surface area contributed by atoms with E-state index in [-0.39, 0.29) is 17.1 Å². The van der Waals surface area contributed by atoms with Gasteiger partial charge in [0.15, 0.2) is 5.75 Å². The van der Waals surface area contributed by atoms with Crippen molar-refractivity contribution in [2.45, 2.75) is 26.4 Å². The number of hydrogen-bond acceptors (Lipinski definition) is 5. The molecule has 1 aromatic carbocycles. The molecule has 1 N–H and O–H groups in total. The third-order valence-electron chi connectivity index (χ3n) is 2.10. The lowest BCUT2D eigenvalue weighted by Gasteiger charge is -2.20. The minimum atomic E-state index is -0.676. The number of nitrogens with one attached hydrogen (secondary N) is 1. The number of halogens is 1. The van der Waals surface area contributed by atoms with Crippen molar-refractivity contribution in [3.8, 4) is 5.75 Å². The zero-order valence-electron chi connectivity index (χ0n) is 11.5. The van der Waals surface area contributed by atoms with E-state index < -0.39 is 16.6 Å². The van der Waals surface area contributed by atoms with Gasteiger partial charge in [0, 0.05) is 6.07 Å². The van der Waals surface area contributed by atoms with Crippen molar-refractivity contribution in [1.29, 1.82) is 0 Å². The molecule has 0 heterocycles. The van der Waals surface area contributed by atoms with Crippen LogP contribution in [0.15, 0.2) is 16.6 Å². The summed E-state index contributed by atoms with van der Waals surface area (Å²) in [6, 6.07) is 2.49. The number of methoxy groups -OCH3 is 1. The molecule has 7 nitrogen and oxygen atoms in total. The van der Waals surface area contributed by atoms with Crippen LogP contribution < -0.4 is 10.1 Å². The molecular formula is C12H15BrN2O5. The Morgan fingerprint density at radius 3 is 2.45 bits per heavy atom. The second-order valence-corrected chi connectivity index (χ2v) is 5.74. The van der Waals surface area contributed by atoms with E-state index >= 15 is 0 Å². The first-order valence-electron chi connectivity index (χ1n) is 5.66. The first-order chi connectivity index (χ1) is 9.14. The fourth-order valence-corrected chi connectivity index (χ4v) is 1.89. The third kappa shape index (κ3) is 4.37. The minimum absolute atomic E-state index is 0.150. The Hall–Kier alpha value is -1.83. The van der Waals surface area contributed by atoms with Gasteiger partial charge in [0.25, 0.3) is 5.69 Å². The van der Waals surface area contributed by atoms with E-state index in [0.717, 1.165) is 0 Å². The number of nitro groups is 1. The molecular weight excluding hydrogens is 332 g/mol. The van der Waals surface area contributed by atoms with E-state index in [9.17, 15) is 14.9 Å². The average molecular weight is 347 g/mol. The Kier molecular flexibility index (Phi) is 4.93. The maximum Gasteiger partial charge on any atom is 0.412 e. The van der Waals surface area contributed by atoms with Gasteiger partial charge in [-0.05, 0) is 36.7 Å². The summed E-state index contributed by atoms with van der Waals surface area (Å²) < 4.78 is 10.5. The first-order valence-corrected chi connectivity index (χ1v) is 6.45. The summed E-state index contributed by atoms with van der Waals surface area (Å²) >= 11 is 3.16. The average Bonchev–Trinajstić information content (AvgIpc) is 2.28. The molecule has 1 rings (SSSR count). The monoisotopic (exact) mass is 346 g/mol. The van der Waals surface area contributed by atoms with Gasteiger partial charge >= 0.3 is 6.09 Å². The van der Waals surface area contributed by atoms with Crippen molar-refractivity contribution in [2.75, 3.05) is 12.4 Å². The predicted molar refractivity (Wildman–Crippen MR) is 77.2 cm³/mol. The van der Waals surface area contributed by atoms with Crippen LogP contribution in [0.2, 0.25) is 0 Å². The van der Waals surface area contributed by atoms with Gasteiger partial charge in [0.2, 0.25) is 0 Å². The summed E-state index contributed by atoms with van der Waals surface area (Å²) in [4.78, 5) is 21.9. The highest BCUT2D eigenvalue weighted by atomic mass is 79.9. The lowest BCUT2D eigenvalue weighted by Crippen LogP contribution is -2.27. The topological polar surface area (TPSA) is 90.7 Å². The van der Waals surface area contributed by atoms with Crippen LogP contribution in [-0.4, -0.2) is 23.7 Å². The molecule has 0 aromatic heterocycles. The molecule has 20 heavy (non-hydrogen) atoms. The molecule has 0 unspecified atom stereocenters. The van der Waals surface area contributed by atoms with Crippen molar-refractivity contribution in [3.63, 3.8) is 0 Å². The van der Waals surface area contributed by atoms with Gasteiger partial charge in [-0.15, -0.1) is 0 Å². The van der Waals surface area contributed by atoms with Gasteiger partial charge in [0.1, 0.15) is 11.3 Å². The van der Waals surface area contributed by atoms with Crippen LogP contribution in [0, 0.1) is 10.1 Å². The fraction of sp³-hybridized carbons (Fsp3) is 0.417. The minimum Gasteiger partial charge on any atom is -0.494 e. The zero-order valence-corrected chi connectivity index (χ0v) is 13.1. The number of anilines is 1. The highest BCUT2D eigenvalue weighted by Crippen LogP contribution is 2.37. The maximum atomic E-state index is 11.7. The number of hydrogen-bond donors (Lipinski definition) is 1. The summed E-state index contributed by atoms with van der Waals surface area (Å²) in [5.74, 6) is 0.164. The fourth-order valence-electron chi connectivity index (χ4n) is 1.36. The molecule has 0 fully saturated rings. The molecule has 1 amide bonds. The summed E-state index contributed by atoms with van der Waals surface area (Å²) in [5.41, 5.74) is -0.527. The second kappa shape index (κ2) is 6.08. The SMILES string of the molecule is COc1cc([N+](=O)[O-])cc(Br)c1NC(=O)OC(C)(C)C. The summed E-state index contributed by atoms with van der Waals surface area (Å²) in [5, 5.41) is 13.3. The van der Waals surface area contributed by atoms with Crippen molar-refractivity contribution < 1.29 is 19.2 Å². The van der Waals surface area contributed by atoms with Crippen LogP contribution in [-0.2, 0) is 4.74 Å². The summed E-state index contributed by atoms with van der Waals surface area (Å²) in [6.45, 7) is 5.19. The van der Waals surface area contributed by atoms with Crippen LogP contribution in [0.4, 0.5) is 16.2 Å². The standard InChI is InChI=1S/C12H15BrN2O5/c1-12(2,3)20-11(16)14-10-8(13)5-7(15(17)18)6-9(10)19-4/h5-6H,1-4H3,(H,14,16). The number of non-ortho nitro benzene ring substituents is 1. The molecule has 0 spiro atoms. The normalized spacial score (nSPS) is 10.8. The van der Waals surface area contributed by atoms with E-state index in [1.807, 2.05) is 0 Å². The van der Waals surface area contributed by atoms with Gasteiger partial charge in [-0.1, -0.05) is 0 Å². The number of rotatable bonds is 3. The van der Waals surface area contributed by atoms with Crippen LogP contribution in [0.3, 0.4) is 0 Å². The highest BCUT2D eigenvalue weighted by molar-refractivity contribution is 9.10. The number of nitrogens with zero attached hydrogens (tertiary/aromatic N) is 1.